The molecule has 2 aliphatic rings. The minimum absolute atomic E-state index is 0.0922. The molecule has 1 atom stereocenters. The monoisotopic (exact) mass is 284 g/mol. The lowest BCUT2D eigenvalue weighted by molar-refractivity contribution is -0.137. The van der Waals surface area contributed by atoms with E-state index in [-0.39, 0.29) is 5.57 Å². The Balaban J connectivity index is 1.96. The number of ether oxygens (including phenoxy) is 1. The molecule has 5 heteroatoms. The number of furan rings is 1. The first kappa shape index (κ1) is 13.5. The minimum Gasteiger partial charge on any atom is -0.465 e. The van der Waals surface area contributed by atoms with Gasteiger partial charge < -0.3 is 14.1 Å². The Morgan fingerprint density at radius 3 is 2.76 bits per heavy atom. The third-order valence-electron chi connectivity index (χ3n) is 3.90. The van der Waals surface area contributed by atoms with E-state index in [9.17, 15) is 10.1 Å². The van der Waals surface area contributed by atoms with Crippen LogP contribution in [0.25, 0.3) is 5.57 Å². The number of hydrogen-bond acceptors (Lipinski definition) is 5. The highest BCUT2D eigenvalue weighted by Gasteiger charge is 2.40. The molecule has 1 aromatic heterocycles. The Labute approximate surface area is 123 Å². The van der Waals surface area contributed by atoms with Gasteiger partial charge in [-0.1, -0.05) is 6.58 Å². The van der Waals surface area contributed by atoms with Crippen molar-refractivity contribution in [1.82, 2.24) is 4.90 Å². The first-order valence-electron chi connectivity index (χ1n) is 7.05. The summed E-state index contributed by atoms with van der Waals surface area (Å²) >= 11 is 0. The van der Waals surface area contributed by atoms with E-state index in [1.807, 2.05) is 6.07 Å². The van der Waals surface area contributed by atoms with E-state index in [2.05, 4.69) is 11.5 Å². The number of esters is 1. The number of cyclic esters (lactones) is 1. The summed E-state index contributed by atoms with van der Waals surface area (Å²) in [6.07, 6.45) is 4.19. The highest BCUT2D eigenvalue weighted by molar-refractivity contribution is 5.98. The molecule has 0 aromatic carbocycles. The van der Waals surface area contributed by atoms with Gasteiger partial charge in [-0.05, 0) is 31.4 Å². The fourth-order valence-electron chi connectivity index (χ4n) is 2.85. The van der Waals surface area contributed by atoms with E-state index in [0.717, 1.165) is 25.9 Å². The Bertz CT molecular complexity index is 631. The smallest absolute Gasteiger partial charge is 0.351 e. The van der Waals surface area contributed by atoms with Crippen molar-refractivity contribution >= 4 is 11.5 Å². The Hall–Kier alpha value is -2.48. The highest BCUT2D eigenvalue weighted by atomic mass is 16.6. The number of nitriles is 1. The molecule has 0 radical (unpaired) electrons. The topological polar surface area (TPSA) is 66.5 Å². The number of carbonyl (C=O) groups excluding carboxylic acids is 1. The van der Waals surface area contributed by atoms with Crippen molar-refractivity contribution in [3.63, 3.8) is 0 Å². The fraction of sp³-hybridized carbons (Fsp3) is 0.375. The first-order chi connectivity index (χ1) is 10.2. The van der Waals surface area contributed by atoms with Crippen LogP contribution in [0, 0.1) is 11.3 Å². The maximum Gasteiger partial charge on any atom is 0.351 e. The van der Waals surface area contributed by atoms with Crippen molar-refractivity contribution in [1.29, 1.82) is 5.26 Å². The summed E-state index contributed by atoms with van der Waals surface area (Å²) in [5, 5.41) is 9.28. The maximum atomic E-state index is 11.9. The molecule has 1 unspecified atom stereocenters. The van der Waals surface area contributed by atoms with Crippen LogP contribution < -0.4 is 0 Å². The molecule has 2 aliphatic heterocycles. The molecule has 1 aromatic rings. The standard InChI is InChI=1S/C16H16N2O3/c1-11(13-6-5-9-20-13)15-14(12(10-17)16(19)21-15)18-7-3-2-4-8-18/h5-6,9,15H,1-4,7-8H2. The lowest BCUT2D eigenvalue weighted by Crippen LogP contribution is -2.34. The quantitative estimate of drug-likeness (QED) is 0.798. The van der Waals surface area contributed by atoms with Crippen molar-refractivity contribution in [3.8, 4) is 6.07 Å². The van der Waals surface area contributed by atoms with E-state index in [1.165, 1.54) is 6.42 Å². The van der Waals surface area contributed by atoms with E-state index in [1.54, 1.807) is 18.4 Å². The van der Waals surface area contributed by atoms with Crippen LogP contribution in [-0.2, 0) is 9.53 Å². The van der Waals surface area contributed by atoms with Crippen molar-refractivity contribution < 1.29 is 13.9 Å². The summed E-state index contributed by atoms with van der Waals surface area (Å²) in [4.78, 5) is 14.0. The number of likely N-dealkylation sites (tertiary alicyclic amines) is 1. The molecule has 0 amide bonds. The number of hydrogen-bond donors (Lipinski definition) is 0. The van der Waals surface area contributed by atoms with Gasteiger partial charge >= 0.3 is 5.97 Å². The Kier molecular flexibility index (Phi) is 3.53. The van der Waals surface area contributed by atoms with E-state index >= 15 is 0 Å². The third kappa shape index (κ3) is 2.33. The van der Waals surface area contributed by atoms with E-state index < -0.39 is 12.1 Å². The van der Waals surface area contributed by atoms with Gasteiger partial charge in [0, 0.05) is 18.7 Å². The summed E-state index contributed by atoms with van der Waals surface area (Å²) in [6, 6.07) is 5.51. The molecule has 21 heavy (non-hydrogen) atoms. The molecule has 1 saturated heterocycles. The molecular formula is C16H16N2O3. The van der Waals surface area contributed by atoms with Crippen LogP contribution in [-0.4, -0.2) is 30.1 Å². The predicted molar refractivity (Wildman–Crippen MR) is 75.7 cm³/mol. The number of rotatable bonds is 3. The average molecular weight is 284 g/mol. The summed E-state index contributed by atoms with van der Waals surface area (Å²) in [5.41, 5.74) is 1.30. The van der Waals surface area contributed by atoms with Crippen molar-refractivity contribution in [3.05, 3.63) is 42.0 Å². The molecule has 3 heterocycles. The zero-order chi connectivity index (χ0) is 14.8. The maximum absolute atomic E-state index is 11.9. The largest absolute Gasteiger partial charge is 0.465 e. The van der Waals surface area contributed by atoms with Gasteiger partial charge in [0.05, 0.1) is 12.0 Å². The van der Waals surface area contributed by atoms with Crippen LogP contribution in [0.15, 0.2) is 40.7 Å². The van der Waals surface area contributed by atoms with Gasteiger partial charge in [0.2, 0.25) is 0 Å². The zero-order valence-corrected chi connectivity index (χ0v) is 11.7. The third-order valence-corrected chi connectivity index (χ3v) is 3.90. The van der Waals surface area contributed by atoms with Crippen LogP contribution >= 0.6 is 0 Å². The van der Waals surface area contributed by atoms with Gasteiger partial charge in [-0.2, -0.15) is 5.26 Å². The molecule has 108 valence electrons. The van der Waals surface area contributed by atoms with Crippen LogP contribution in [0.5, 0.6) is 0 Å². The molecule has 1 fully saturated rings. The zero-order valence-electron chi connectivity index (χ0n) is 11.7. The first-order valence-corrected chi connectivity index (χ1v) is 7.05. The highest BCUT2D eigenvalue weighted by Crippen LogP contribution is 2.35. The van der Waals surface area contributed by atoms with Crippen LogP contribution in [0.3, 0.4) is 0 Å². The van der Waals surface area contributed by atoms with Gasteiger partial charge in [-0.3, -0.25) is 0 Å². The van der Waals surface area contributed by atoms with Crippen LogP contribution in [0.2, 0.25) is 0 Å². The molecular weight excluding hydrogens is 268 g/mol. The van der Waals surface area contributed by atoms with Gasteiger partial charge in [0.15, 0.2) is 11.7 Å². The average Bonchev–Trinajstić information content (AvgIpc) is 3.14. The SMILES string of the molecule is C=C(c1ccco1)C1OC(=O)C(C#N)=C1N1CCCCC1. The molecule has 0 bridgehead atoms. The lowest BCUT2D eigenvalue weighted by Gasteiger charge is -2.32. The molecule has 0 spiro atoms. The number of carbonyl (C=O) groups is 1. The second-order valence-corrected chi connectivity index (χ2v) is 5.21. The van der Waals surface area contributed by atoms with Gasteiger partial charge in [0.25, 0.3) is 0 Å². The predicted octanol–water partition coefficient (Wildman–Crippen LogP) is 2.48. The second-order valence-electron chi connectivity index (χ2n) is 5.21. The molecule has 3 rings (SSSR count). The van der Waals surface area contributed by atoms with E-state index in [0.29, 0.717) is 17.0 Å². The molecule has 0 N–H and O–H groups in total. The minimum atomic E-state index is -0.628. The van der Waals surface area contributed by atoms with Crippen LogP contribution in [0.1, 0.15) is 25.0 Å². The summed E-state index contributed by atoms with van der Waals surface area (Å²) in [7, 11) is 0. The molecule has 5 nitrogen and oxygen atoms in total. The van der Waals surface area contributed by atoms with Crippen molar-refractivity contribution in [2.75, 3.05) is 13.1 Å². The van der Waals surface area contributed by atoms with Crippen molar-refractivity contribution in [2.24, 2.45) is 0 Å². The summed E-state index contributed by atoms with van der Waals surface area (Å²) in [6.45, 7) is 5.65. The van der Waals surface area contributed by atoms with Crippen molar-refractivity contribution in [2.45, 2.75) is 25.4 Å². The van der Waals surface area contributed by atoms with Gasteiger partial charge in [0.1, 0.15) is 11.8 Å². The normalized spacial score (nSPS) is 22.1. The Morgan fingerprint density at radius 2 is 2.14 bits per heavy atom. The second kappa shape index (κ2) is 5.49. The lowest BCUT2D eigenvalue weighted by atomic mass is 10.0. The summed E-state index contributed by atoms with van der Waals surface area (Å²) in [5.74, 6) is -0.00252. The number of piperidine rings is 1. The van der Waals surface area contributed by atoms with Crippen LogP contribution in [0.4, 0.5) is 0 Å². The molecule has 0 aliphatic carbocycles. The Morgan fingerprint density at radius 1 is 1.38 bits per heavy atom. The van der Waals surface area contributed by atoms with Gasteiger partial charge in [-0.15, -0.1) is 0 Å². The van der Waals surface area contributed by atoms with Gasteiger partial charge in [-0.25, -0.2) is 4.79 Å². The number of nitrogens with zero attached hydrogens (tertiary/aromatic N) is 2. The fourth-order valence-corrected chi connectivity index (χ4v) is 2.85. The molecule has 0 saturated carbocycles. The van der Waals surface area contributed by atoms with E-state index in [4.69, 9.17) is 9.15 Å². The summed E-state index contributed by atoms with van der Waals surface area (Å²) < 4.78 is 10.7.